The van der Waals surface area contributed by atoms with E-state index in [0.717, 1.165) is 26.1 Å². The maximum absolute atomic E-state index is 12.4. The fourth-order valence-electron chi connectivity index (χ4n) is 3.47. The van der Waals surface area contributed by atoms with Gasteiger partial charge in [0.25, 0.3) is 0 Å². The molecule has 0 aromatic heterocycles. The van der Waals surface area contributed by atoms with E-state index in [-0.39, 0.29) is 0 Å². The summed E-state index contributed by atoms with van der Waals surface area (Å²) < 4.78 is 0. The molecule has 1 atom stereocenters. The van der Waals surface area contributed by atoms with Crippen LogP contribution in [0.5, 0.6) is 0 Å². The summed E-state index contributed by atoms with van der Waals surface area (Å²) in [5.74, 6) is 0.984. The lowest BCUT2D eigenvalue weighted by Gasteiger charge is -2.34. The summed E-state index contributed by atoms with van der Waals surface area (Å²) in [5, 5.41) is 0. The number of rotatable bonds is 5. The molecule has 19 heavy (non-hydrogen) atoms. The van der Waals surface area contributed by atoms with E-state index < -0.39 is 0 Å². The third-order valence-corrected chi connectivity index (χ3v) is 4.55. The highest BCUT2D eigenvalue weighted by Gasteiger charge is 2.27. The monoisotopic (exact) mass is 264 g/mol. The first-order valence-corrected chi connectivity index (χ1v) is 7.83. The highest BCUT2D eigenvalue weighted by atomic mass is 16.2. The SMILES string of the molecule is C=CCN(CC(=O)N1CCC[C@H](C)C1)C1CCCC1. The minimum absolute atomic E-state index is 0.320. The van der Waals surface area contributed by atoms with Crippen LogP contribution in [0.2, 0.25) is 0 Å². The molecule has 0 aromatic carbocycles. The third kappa shape index (κ3) is 4.07. The molecular formula is C16H28N2O. The standard InChI is InChI=1S/C16H28N2O/c1-3-10-17(15-8-4-5-9-15)13-16(19)18-11-6-7-14(2)12-18/h3,14-15H,1,4-13H2,2H3/t14-/m0/s1. The fraction of sp³-hybridized carbons (Fsp3) is 0.812. The van der Waals surface area contributed by atoms with Crippen LogP contribution in [0.4, 0.5) is 0 Å². The zero-order chi connectivity index (χ0) is 13.7. The zero-order valence-corrected chi connectivity index (χ0v) is 12.3. The van der Waals surface area contributed by atoms with E-state index in [1.165, 1.54) is 32.1 Å². The van der Waals surface area contributed by atoms with Crippen LogP contribution in [0.1, 0.15) is 45.4 Å². The van der Waals surface area contributed by atoms with E-state index in [1.807, 2.05) is 6.08 Å². The van der Waals surface area contributed by atoms with Crippen molar-refractivity contribution in [3.05, 3.63) is 12.7 Å². The molecule has 1 heterocycles. The lowest BCUT2D eigenvalue weighted by Crippen LogP contribution is -2.47. The van der Waals surface area contributed by atoms with Crippen molar-refractivity contribution in [1.29, 1.82) is 0 Å². The first kappa shape index (κ1) is 14.6. The van der Waals surface area contributed by atoms with E-state index in [2.05, 4.69) is 23.3 Å². The van der Waals surface area contributed by atoms with Crippen molar-refractivity contribution in [3.63, 3.8) is 0 Å². The smallest absolute Gasteiger partial charge is 0.236 e. The molecule has 2 fully saturated rings. The van der Waals surface area contributed by atoms with Crippen LogP contribution in [0.25, 0.3) is 0 Å². The predicted molar refractivity (Wildman–Crippen MR) is 79.0 cm³/mol. The molecule has 0 aromatic rings. The Labute approximate surface area is 117 Å². The van der Waals surface area contributed by atoms with Gasteiger partial charge in [0.2, 0.25) is 5.91 Å². The van der Waals surface area contributed by atoms with Crippen molar-refractivity contribution in [1.82, 2.24) is 9.80 Å². The highest BCUT2D eigenvalue weighted by Crippen LogP contribution is 2.24. The zero-order valence-electron chi connectivity index (χ0n) is 12.3. The van der Waals surface area contributed by atoms with Crippen LogP contribution in [-0.2, 0) is 4.79 Å². The molecule has 1 aliphatic carbocycles. The van der Waals surface area contributed by atoms with E-state index in [0.29, 0.717) is 24.4 Å². The first-order chi connectivity index (χ1) is 9.20. The molecule has 1 saturated heterocycles. The Kier molecular flexibility index (Phi) is 5.44. The van der Waals surface area contributed by atoms with Crippen LogP contribution >= 0.6 is 0 Å². The van der Waals surface area contributed by atoms with Gasteiger partial charge in [0.05, 0.1) is 6.54 Å². The number of hydrogen-bond donors (Lipinski definition) is 0. The van der Waals surface area contributed by atoms with Gasteiger partial charge in [-0.15, -0.1) is 6.58 Å². The van der Waals surface area contributed by atoms with Crippen LogP contribution in [0.15, 0.2) is 12.7 Å². The van der Waals surface area contributed by atoms with Gasteiger partial charge in [-0.25, -0.2) is 0 Å². The Morgan fingerprint density at radius 1 is 1.32 bits per heavy atom. The van der Waals surface area contributed by atoms with Gasteiger partial charge in [0.15, 0.2) is 0 Å². The molecule has 1 aliphatic heterocycles. The summed E-state index contributed by atoms with van der Waals surface area (Å²) in [4.78, 5) is 16.8. The maximum atomic E-state index is 12.4. The number of piperidine rings is 1. The molecule has 0 unspecified atom stereocenters. The second-order valence-electron chi connectivity index (χ2n) is 6.24. The molecule has 3 heteroatoms. The van der Waals surface area contributed by atoms with E-state index in [9.17, 15) is 4.79 Å². The lowest BCUT2D eigenvalue weighted by molar-refractivity contribution is -0.134. The molecule has 108 valence electrons. The second kappa shape index (κ2) is 7.09. The molecule has 0 N–H and O–H groups in total. The third-order valence-electron chi connectivity index (χ3n) is 4.55. The summed E-state index contributed by atoms with van der Waals surface area (Å²) in [6.45, 7) is 9.42. The summed E-state index contributed by atoms with van der Waals surface area (Å²) >= 11 is 0. The van der Waals surface area contributed by atoms with Crippen LogP contribution in [0.3, 0.4) is 0 Å². The first-order valence-electron chi connectivity index (χ1n) is 7.83. The number of nitrogens with zero attached hydrogens (tertiary/aromatic N) is 2. The van der Waals surface area contributed by atoms with Gasteiger partial charge in [0, 0.05) is 25.7 Å². The Bertz CT molecular complexity index is 310. The second-order valence-corrected chi connectivity index (χ2v) is 6.24. The number of amides is 1. The average molecular weight is 264 g/mol. The van der Waals surface area contributed by atoms with Gasteiger partial charge >= 0.3 is 0 Å². The Morgan fingerprint density at radius 3 is 2.68 bits per heavy atom. The van der Waals surface area contributed by atoms with Gasteiger partial charge < -0.3 is 4.90 Å². The number of hydrogen-bond acceptors (Lipinski definition) is 2. The Morgan fingerprint density at radius 2 is 2.05 bits per heavy atom. The normalized spacial score (nSPS) is 24.9. The highest BCUT2D eigenvalue weighted by molar-refractivity contribution is 5.78. The predicted octanol–water partition coefficient (Wildman–Crippen LogP) is 2.68. The van der Waals surface area contributed by atoms with E-state index in [1.54, 1.807) is 0 Å². The van der Waals surface area contributed by atoms with Crippen LogP contribution < -0.4 is 0 Å². The lowest BCUT2D eigenvalue weighted by atomic mass is 10.0. The summed E-state index contributed by atoms with van der Waals surface area (Å²) in [7, 11) is 0. The van der Waals surface area contributed by atoms with Crippen molar-refractivity contribution in [2.75, 3.05) is 26.2 Å². The molecule has 1 saturated carbocycles. The van der Waals surface area contributed by atoms with Crippen molar-refractivity contribution in [3.8, 4) is 0 Å². The summed E-state index contributed by atoms with van der Waals surface area (Å²) in [5.41, 5.74) is 0. The Hall–Kier alpha value is -0.830. The van der Waals surface area contributed by atoms with Crippen molar-refractivity contribution >= 4 is 5.91 Å². The van der Waals surface area contributed by atoms with Gasteiger partial charge in [-0.3, -0.25) is 9.69 Å². The van der Waals surface area contributed by atoms with Crippen molar-refractivity contribution in [2.24, 2.45) is 5.92 Å². The summed E-state index contributed by atoms with van der Waals surface area (Å²) in [6, 6.07) is 0.601. The van der Waals surface area contributed by atoms with Gasteiger partial charge in [-0.2, -0.15) is 0 Å². The summed E-state index contributed by atoms with van der Waals surface area (Å²) in [6.07, 6.45) is 9.49. The fourth-order valence-corrected chi connectivity index (χ4v) is 3.47. The van der Waals surface area contributed by atoms with Gasteiger partial charge in [-0.1, -0.05) is 25.8 Å². The average Bonchev–Trinajstić information content (AvgIpc) is 2.92. The molecule has 2 rings (SSSR count). The Balaban J connectivity index is 1.88. The quantitative estimate of drug-likeness (QED) is 0.713. The van der Waals surface area contributed by atoms with Gasteiger partial charge in [0.1, 0.15) is 0 Å². The molecule has 0 radical (unpaired) electrons. The van der Waals surface area contributed by atoms with E-state index >= 15 is 0 Å². The molecule has 0 bridgehead atoms. The van der Waals surface area contributed by atoms with Crippen molar-refractivity contribution < 1.29 is 4.79 Å². The van der Waals surface area contributed by atoms with Crippen molar-refractivity contribution in [2.45, 2.75) is 51.5 Å². The largest absolute Gasteiger partial charge is 0.341 e. The molecule has 0 spiro atoms. The van der Waals surface area contributed by atoms with E-state index in [4.69, 9.17) is 0 Å². The van der Waals surface area contributed by atoms with Gasteiger partial charge in [-0.05, 0) is 31.6 Å². The molecule has 2 aliphatic rings. The molecular weight excluding hydrogens is 236 g/mol. The number of carbonyl (C=O) groups is 1. The minimum atomic E-state index is 0.320. The molecule has 1 amide bonds. The maximum Gasteiger partial charge on any atom is 0.236 e. The topological polar surface area (TPSA) is 23.6 Å². The number of likely N-dealkylation sites (tertiary alicyclic amines) is 1. The number of carbonyl (C=O) groups excluding carboxylic acids is 1. The van der Waals surface area contributed by atoms with Crippen LogP contribution in [0, 0.1) is 5.92 Å². The minimum Gasteiger partial charge on any atom is -0.341 e. The molecule has 3 nitrogen and oxygen atoms in total. The van der Waals surface area contributed by atoms with Crippen LogP contribution in [-0.4, -0.2) is 47.9 Å².